The van der Waals surface area contributed by atoms with Gasteiger partial charge in [0.05, 0.1) is 12.1 Å². The molecule has 134 valence electrons. The first-order valence-corrected chi connectivity index (χ1v) is 7.05. The summed E-state index contributed by atoms with van der Waals surface area (Å²) in [5.41, 5.74) is -0.649. The number of hydrogen-bond acceptors (Lipinski definition) is 2. The van der Waals surface area contributed by atoms with E-state index in [0.29, 0.717) is 6.07 Å². The lowest BCUT2D eigenvalue weighted by Gasteiger charge is -2.11. The maximum atomic E-state index is 13.3. The molecule has 0 aromatic heterocycles. The lowest BCUT2D eigenvalue weighted by Crippen LogP contribution is -2.32. The molecule has 0 heterocycles. The Morgan fingerprint density at radius 2 is 1.72 bits per heavy atom. The number of hydrogen-bond donors (Lipinski definition) is 2. The highest BCUT2D eigenvalue weighted by molar-refractivity contribution is 5.89. The summed E-state index contributed by atoms with van der Waals surface area (Å²) in [6, 6.07) is 6.07. The van der Waals surface area contributed by atoms with Crippen molar-refractivity contribution in [2.45, 2.75) is 6.18 Å². The van der Waals surface area contributed by atoms with Gasteiger partial charge in [-0.25, -0.2) is 13.6 Å². The van der Waals surface area contributed by atoms with Crippen molar-refractivity contribution in [3.05, 3.63) is 59.7 Å². The van der Waals surface area contributed by atoms with Gasteiger partial charge in [-0.3, -0.25) is 0 Å². The van der Waals surface area contributed by atoms with Crippen LogP contribution in [-0.4, -0.2) is 19.2 Å². The summed E-state index contributed by atoms with van der Waals surface area (Å²) in [7, 11) is 0. The van der Waals surface area contributed by atoms with Gasteiger partial charge in [0.15, 0.2) is 11.6 Å². The molecule has 2 aromatic carbocycles. The SMILES string of the molecule is O=C(NCCOc1ccc(F)cc1F)Nc1ccc(C(F)(F)F)cc1. The van der Waals surface area contributed by atoms with Gasteiger partial charge < -0.3 is 15.4 Å². The Hall–Kier alpha value is -2.84. The van der Waals surface area contributed by atoms with Crippen LogP contribution in [0.3, 0.4) is 0 Å². The third kappa shape index (κ3) is 5.63. The van der Waals surface area contributed by atoms with Crippen molar-refractivity contribution in [2.75, 3.05) is 18.5 Å². The summed E-state index contributed by atoms with van der Waals surface area (Å²) < 4.78 is 68.3. The molecule has 0 spiro atoms. The van der Waals surface area contributed by atoms with E-state index in [2.05, 4.69) is 10.6 Å². The number of alkyl halides is 3. The molecule has 9 heteroatoms. The predicted molar refractivity (Wildman–Crippen MR) is 80.3 cm³/mol. The highest BCUT2D eigenvalue weighted by atomic mass is 19.4. The Balaban J connectivity index is 1.75. The van der Waals surface area contributed by atoms with Crippen LogP contribution >= 0.6 is 0 Å². The number of carbonyl (C=O) groups is 1. The first kappa shape index (κ1) is 18.5. The molecule has 0 fully saturated rings. The van der Waals surface area contributed by atoms with Crippen LogP contribution in [0.1, 0.15) is 5.56 Å². The van der Waals surface area contributed by atoms with Crippen LogP contribution < -0.4 is 15.4 Å². The molecule has 0 saturated carbocycles. The predicted octanol–water partition coefficient (Wildman–Crippen LogP) is 4.18. The van der Waals surface area contributed by atoms with Crippen LogP contribution in [0.15, 0.2) is 42.5 Å². The molecule has 0 saturated heterocycles. The Labute approximate surface area is 139 Å². The second-order valence-electron chi connectivity index (χ2n) is 4.88. The fourth-order valence-electron chi connectivity index (χ4n) is 1.84. The Morgan fingerprint density at radius 1 is 1.04 bits per heavy atom. The van der Waals surface area contributed by atoms with Crippen molar-refractivity contribution >= 4 is 11.7 Å². The van der Waals surface area contributed by atoms with Crippen LogP contribution in [0.5, 0.6) is 5.75 Å². The van der Waals surface area contributed by atoms with Crippen molar-refractivity contribution in [1.29, 1.82) is 0 Å². The first-order valence-electron chi connectivity index (χ1n) is 7.05. The minimum atomic E-state index is -4.45. The van der Waals surface area contributed by atoms with Gasteiger partial charge in [0.2, 0.25) is 0 Å². The number of nitrogens with one attached hydrogen (secondary N) is 2. The smallest absolute Gasteiger partial charge is 0.416 e. The van der Waals surface area contributed by atoms with Gasteiger partial charge in [-0.05, 0) is 36.4 Å². The van der Waals surface area contributed by atoms with E-state index < -0.39 is 29.4 Å². The van der Waals surface area contributed by atoms with E-state index in [1.807, 2.05) is 0 Å². The number of halogens is 5. The monoisotopic (exact) mass is 360 g/mol. The van der Waals surface area contributed by atoms with Gasteiger partial charge in [-0.1, -0.05) is 0 Å². The molecule has 0 radical (unpaired) electrons. The van der Waals surface area contributed by atoms with E-state index in [4.69, 9.17) is 4.74 Å². The molecular formula is C16H13F5N2O2. The largest absolute Gasteiger partial charge is 0.489 e. The van der Waals surface area contributed by atoms with Crippen LogP contribution in [0.2, 0.25) is 0 Å². The van der Waals surface area contributed by atoms with Crippen LogP contribution in [0.25, 0.3) is 0 Å². The summed E-state index contributed by atoms with van der Waals surface area (Å²) in [5.74, 6) is -1.76. The summed E-state index contributed by atoms with van der Waals surface area (Å²) in [4.78, 5) is 11.6. The molecule has 25 heavy (non-hydrogen) atoms. The minimum Gasteiger partial charge on any atom is -0.489 e. The van der Waals surface area contributed by atoms with E-state index in [-0.39, 0.29) is 24.6 Å². The Kier molecular flexibility index (Phi) is 5.79. The molecule has 0 unspecified atom stereocenters. The summed E-state index contributed by atoms with van der Waals surface area (Å²) in [6.07, 6.45) is -4.45. The van der Waals surface area contributed by atoms with E-state index >= 15 is 0 Å². The molecule has 2 N–H and O–H groups in total. The maximum absolute atomic E-state index is 13.3. The molecular weight excluding hydrogens is 347 g/mol. The molecule has 0 bridgehead atoms. The number of carbonyl (C=O) groups excluding carboxylic acids is 1. The molecule has 0 aliphatic heterocycles. The molecule has 0 atom stereocenters. The van der Waals surface area contributed by atoms with Gasteiger partial charge in [-0.2, -0.15) is 13.2 Å². The number of benzene rings is 2. The summed E-state index contributed by atoms with van der Waals surface area (Å²) in [5, 5.41) is 4.72. The van der Waals surface area contributed by atoms with E-state index in [1.165, 1.54) is 0 Å². The second kappa shape index (κ2) is 7.82. The zero-order valence-corrected chi connectivity index (χ0v) is 12.7. The van der Waals surface area contributed by atoms with Crippen LogP contribution in [-0.2, 0) is 6.18 Å². The highest BCUT2D eigenvalue weighted by Crippen LogP contribution is 2.29. The van der Waals surface area contributed by atoms with Gasteiger partial charge in [-0.15, -0.1) is 0 Å². The number of rotatable bonds is 5. The number of ether oxygens (including phenoxy) is 1. The Bertz CT molecular complexity index is 732. The average molecular weight is 360 g/mol. The lowest BCUT2D eigenvalue weighted by atomic mass is 10.2. The third-order valence-electron chi connectivity index (χ3n) is 3.01. The van der Waals surface area contributed by atoms with Crippen molar-refractivity contribution in [3.8, 4) is 5.75 Å². The quantitative estimate of drug-likeness (QED) is 0.621. The van der Waals surface area contributed by atoms with Crippen molar-refractivity contribution < 1.29 is 31.5 Å². The van der Waals surface area contributed by atoms with Gasteiger partial charge in [0, 0.05) is 11.8 Å². The normalized spacial score (nSPS) is 11.1. The van der Waals surface area contributed by atoms with Crippen molar-refractivity contribution in [2.24, 2.45) is 0 Å². The van der Waals surface area contributed by atoms with Crippen molar-refractivity contribution in [3.63, 3.8) is 0 Å². The lowest BCUT2D eigenvalue weighted by molar-refractivity contribution is -0.137. The molecule has 0 aliphatic rings. The molecule has 2 aromatic rings. The third-order valence-corrected chi connectivity index (χ3v) is 3.01. The van der Waals surface area contributed by atoms with Gasteiger partial charge in [0.1, 0.15) is 12.4 Å². The van der Waals surface area contributed by atoms with Crippen LogP contribution in [0.4, 0.5) is 32.4 Å². The van der Waals surface area contributed by atoms with E-state index in [0.717, 1.165) is 36.4 Å². The molecule has 2 rings (SSSR count). The van der Waals surface area contributed by atoms with Gasteiger partial charge in [0.25, 0.3) is 0 Å². The average Bonchev–Trinajstić information content (AvgIpc) is 2.53. The second-order valence-corrected chi connectivity index (χ2v) is 4.88. The zero-order chi connectivity index (χ0) is 18.4. The van der Waals surface area contributed by atoms with Gasteiger partial charge >= 0.3 is 12.2 Å². The summed E-state index contributed by atoms with van der Waals surface area (Å²) in [6.45, 7) is -0.0771. The van der Waals surface area contributed by atoms with Crippen molar-refractivity contribution in [1.82, 2.24) is 5.32 Å². The molecule has 2 amide bonds. The van der Waals surface area contributed by atoms with E-state index in [9.17, 15) is 26.7 Å². The standard InChI is InChI=1S/C16H13F5N2O2/c17-11-3-6-14(13(18)9-11)25-8-7-22-15(24)23-12-4-1-10(2-5-12)16(19,20)21/h1-6,9H,7-8H2,(H2,22,23,24). The number of amides is 2. The molecule has 0 aliphatic carbocycles. The fourth-order valence-corrected chi connectivity index (χ4v) is 1.84. The fraction of sp³-hybridized carbons (Fsp3) is 0.188. The number of urea groups is 1. The number of anilines is 1. The Morgan fingerprint density at radius 3 is 2.32 bits per heavy atom. The van der Waals surface area contributed by atoms with Crippen LogP contribution in [0, 0.1) is 11.6 Å². The minimum absolute atomic E-state index is 0.00326. The van der Waals surface area contributed by atoms with E-state index in [1.54, 1.807) is 0 Å². The highest BCUT2D eigenvalue weighted by Gasteiger charge is 2.29. The molecule has 4 nitrogen and oxygen atoms in total. The maximum Gasteiger partial charge on any atom is 0.416 e. The first-order chi connectivity index (χ1) is 11.8. The topological polar surface area (TPSA) is 50.4 Å². The zero-order valence-electron chi connectivity index (χ0n) is 12.7. The summed E-state index contributed by atoms with van der Waals surface area (Å²) >= 11 is 0.